The van der Waals surface area contributed by atoms with Crippen molar-refractivity contribution in [1.29, 1.82) is 0 Å². The maximum absolute atomic E-state index is 12.1. The highest BCUT2D eigenvalue weighted by atomic mass is 35.5. The molecule has 2 aromatic heterocycles. The van der Waals surface area contributed by atoms with Crippen LogP contribution in [0.15, 0.2) is 36.7 Å². The van der Waals surface area contributed by atoms with E-state index in [1.54, 1.807) is 18.2 Å². The highest BCUT2D eigenvalue weighted by molar-refractivity contribution is 6.36. The number of anilines is 1. The van der Waals surface area contributed by atoms with Gasteiger partial charge in [-0.25, -0.2) is 0 Å². The van der Waals surface area contributed by atoms with Gasteiger partial charge in [0.2, 0.25) is 5.91 Å². The third kappa shape index (κ3) is 4.57. The molecule has 0 saturated carbocycles. The number of nitrogens with one attached hydrogen (secondary N) is 1. The molecule has 3 aromatic rings. The second kappa shape index (κ2) is 7.95. The Hall–Kier alpha value is -2.62. The number of carbonyl (C=O) groups is 1. The maximum atomic E-state index is 12.1. The Kier molecular flexibility index (Phi) is 5.64. The summed E-state index contributed by atoms with van der Waals surface area (Å²) in [5, 5.41) is 22.2. The molecule has 12 heteroatoms. The molecule has 1 amide bonds. The molecule has 2 heterocycles. The van der Waals surface area contributed by atoms with Crippen molar-refractivity contribution in [1.82, 2.24) is 19.6 Å². The Labute approximate surface area is 167 Å². The number of hydrogen-bond acceptors (Lipinski definition) is 5. The van der Waals surface area contributed by atoms with Gasteiger partial charge < -0.3 is 15.4 Å². The molecule has 0 unspecified atom stereocenters. The number of benzene rings is 1. The van der Waals surface area contributed by atoms with E-state index in [9.17, 15) is 14.9 Å². The summed E-state index contributed by atoms with van der Waals surface area (Å²) < 4.78 is 2.63. The molecular formula is C15H11Cl3N6O3. The Balaban J connectivity index is 1.69. The van der Waals surface area contributed by atoms with E-state index in [4.69, 9.17) is 34.8 Å². The molecule has 0 bridgehead atoms. The van der Waals surface area contributed by atoms with Crippen molar-refractivity contribution in [3.05, 3.63) is 67.4 Å². The number of halogens is 3. The van der Waals surface area contributed by atoms with Gasteiger partial charge in [0.25, 0.3) is 0 Å². The molecule has 9 nitrogen and oxygen atoms in total. The fraction of sp³-hybridized carbons (Fsp3) is 0.133. The van der Waals surface area contributed by atoms with E-state index in [1.165, 1.54) is 23.1 Å². The quantitative estimate of drug-likeness (QED) is 0.475. The Morgan fingerprint density at radius 3 is 2.44 bits per heavy atom. The van der Waals surface area contributed by atoms with Gasteiger partial charge in [0.1, 0.15) is 11.6 Å². The lowest BCUT2D eigenvalue weighted by Gasteiger charge is -2.06. The van der Waals surface area contributed by atoms with Crippen molar-refractivity contribution in [2.24, 2.45) is 0 Å². The fourth-order valence-electron chi connectivity index (χ4n) is 2.26. The molecule has 27 heavy (non-hydrogen) atoms. The molecule has 0 spiro atoms. The lowest BCUT2D eigenvalue weighted by molar-refractivity contribution is -0.389. The van der Waals surface area contributed by atoms with Crippen LogP contribution >= 0.6 is 34.8 Å². The zero-order valence-corrected chi connectivity index (χ0v) is 15.7. The van der Waals surface area contributed by atoms with Crippen LogP contribution in [0.3, 0.4) is 0 Å². The average molecular weight is 430 g/mol. The zero-order chi connectivity index (χ0) is 19.6. The summed E-state index contributed by atoms with van der Waals surface area (Å²) in [6, 6.07) is 6.34. The maximum Gasteiger partial charge on any atom is 0.389 e. The summed E-state index contributed by atoms with van der Waals surface area (Å²) in [6.45, 7) is 0.0345. The molecule has 0 radical (unpaired) electrons. The van der Waals surface area contributed by atoms with Gasteiger partial charge in [-0.3, -0.25) is 9.48 Å². The van der Waals surface area contributed by atoms with Gasteiger partial charge in [0, 0.05) is 21.8 Å². The molecule has 1 aromatic carbocycles. The summed E-state index contributed by atoms with van der Waals surface area (Å²) in [4.78, 5) is 22.1. The van der Waals surface area contributed by atoms with E-state index in [1.807, 2.05) is 0 Å². The van der Waals surface area contributed by atoms with Crippen molar-refractivity contribution in [2.75, 3.05) is 5.32 Å². The molecule has 0 aliphatic heterocycles. The van der Waals surface area contributed by atoms with Crippen molar-refractivity contribution in [2.45, 2.75) is 13.1 Å². The number of amides is 1. The second-order valence-electron chi connectivity index (χ2n) is 5.40. The first kappa shape index (κ1) is 19.2. The van der Waals surface area contributed by atoms with Gasteiger partial charge in [-0.2, -0.15) is 9.78 Å². The molecule has 0 atom stereocenters. The molecule has 0 fully saturated rings. The van der Waals surface area contributed by atoms with Gasteiger partial charge in [0.05, 0.1) is 23.9 Å². The predicted octanol–water partition coefficient (Wildman–Crippen LogP) is 3.64. The second-order valence-corrected chi connectivity index (χ2v) is 6.62. The van der Waals surface area contributed by atoms with Crippen LogP contribution in [0.5, 0.6) is 0 Å². The number of rotatable bonds is 6. The van der Waals surface area contributed by atoms with Crippen LogP contribution in [-0.4, -0.2) is 30.4 Å². The summed E-state index contributed by atoms with van der Waals surface area (Å²) in [5.74, 6) is -0.691. The van der Waals surface area contributed by atoms with Gasteiger partial charge >= 0.3 is 5.82 Å². The topological polar surface area (TPSA) is 108 Å². The van der Waals surface area contributed by atoms with Crippen LogP contribution < -0.4 is 5.32 Å². The smallest absolute Gasteiger partial charge is 0.358 e. The predicted molar refractivity (Wildman–Crippen MR) is 100 cm³/mol. The highest BCUT2D eigenvalue weighted by Gasteiger charge is 2.16. The van der Waals surface area contributed by atoms with Crippen LogP contribution in [0.4, 0.5) is 11.6 Å². The SMILES string of the molecule is O=C(Cn1ccc([N+](=O)[O-])n1)Nc1nn(Cc2c(Cl)cccc2Cl)cc1Cl. The molecular weight excluding hydrogens is 419 g/mol. The first-order valence-corrected chi connectivity index (χ1v) is 8.60. The Morgan fingerprint density at radius 2 is 1.81 bits per heavy atom. The van der Waals surface area contributed by atoms with Crippen molar-refractivity contribution >= 4 is 52.3 Å². The normalized spacial score (nSPS) is 10.8. The molecule has 1 N–H and O–H groups in total. The molecule has 0 aliphatic rings. The summed E-state index contributed by atoms with van der Waals surface area (Å²) in [7, 11) is 0. The first-order valence-electron chi connectivity index (χ1n) is 7.47. The Morgan fingerprint density at radius 1 is 1.11 bits per heavy atom. The minimum atomic E-state index is -0.646. The Bertz CT molecular complexity index is 996. The van der Waals surface area contributed by atoms with Crippen molar-refractivity contribution in [3.8, 4) is 0 Å². The van der Waals surface area contributed by atoms with Gasteiger partial charge in [-0.05, 0) is 17.1 Å². The third-order valence-electron chi connectivity index (χ3n) is 3.48. The lowest BCUT2D eigenvalue weighted by Crippen LogP contribution is -2.19. The van der Waals surface area contributed by atoms with Gasteiger partial charge in [-0.15, -0.1) is 0 Å². The van der Waals surface area contributed by atoms with Crippen LogP contribution in [0, 0.1) is 10.1 Å². The van der Waals surface area contributed by atoms with Crippen LogP contribution in [-0.2, 0) is 17.9 Å². The number of aromatic nitrogens is 4. The standard InChI is InChI=1S/C15H11Cl3N6O3/c16-10-2-1-3-11(17)9(10)6-23-7-12(18)15(21-23)19-14(25)8-22-5-4-13(20-22)24(26)27/h1-5,7H,6,8H2,(H,19,21,25). The molecule has 0 aliphatic carbocycles. The number of hydrogen-bond donors (Lipinski definition) is 1. The van der Waals surface area contributed by atoms with E-state index >= 15 is 0 Å². The largest absolute Gasteiger partial charge is 0.389 e. The summed E-state index contributed by atoms with van der Waals surface area (Å²) >= 11 is 18.4. The van der Waals surface area contributed by atoms with E-state index in [2.05, 4.69) is 15.5 Å². The minimum Gasteiger partial charge on any atom is -0.358 e. The highest BCUT2D eigenvalue weighted by Crippen LogP contribution is 2.26. The zero-order valence-electron chi connectivity index (χ0n) is 13.5. The minimum absolute atomic E-state index is 0.145. The van der Waals surface area contributed by atoms with E-state index in [-0.39, 0.29) is 29.7 Å². The van der Waals surface area contributed by atoms with Crippen LogP contribution in [0.1, 0.15) is 5.56 Å². The van der Waals surface area contributed by atoms with Crippen LogP contribution in [0.2, 0.25) is 15.1 Å². The number of carbonyl (C=O) groups excluding carboxylic acids is 1. The molecule has 140 valence electrons. The first-order chi connectivity index (χ1) is 12.8. The van der Waals surface area contributed by atoms with Gasteiger partial charge in [-0.1, -0.05) is 40.9 Å². The summed E-state index contributed by atoms with van der Waals surface area (Å²) in [5.41, 5.74) is 0.668. The molecule has 3 rings (SSSR count). The molecule has 0 saturated heterocycles. The van der Waals surface area contributed by atoms with Crippen LogP contribution in [0.25, 0.3) is 0 Å². The van der Waals surface area contributed by atoms with Gasteiger partial charge in [0.15, 0.2) is 5.82 Å². The number of nitro groups is 1. The lowest BCUT2D eigenvalue weighted by atomic mass is 10.2. The van der Waals surface area contributed by atoms with E-state index in [0.717, 1.165) is 4.68 Å². The van der Waals surface area contributed by atoms with E-state index in [0.29, 0.717) is 15.6 Å². The van der Waals surface area contributed by atoms with E-state index < -0.39 is 10.8 Å². The monoisotopic (exact) mass is 428 g/mol. The van der Waals surface area contributed by atoms with Crippen molar-refractivity contribution in [3.63, 3.8) is 0 Å². The fourth-order valence-corrected chi connectivity index (χ4v) is 2.98. The third-order valence-corrected chi connectivity index (χ3v) is 4.46. The number of nitrogens with zero attached hydrogens (tertiary/aromatic N) is 5. The average Bonchev–Trinajstić information content (AvgIpc) is 3.18. The van der Waals surface area contributed by atoms with Crippen molar-refractivity contribution < 1.29 is 9.72 Å². The summed E-state index contributed by atoms with van der Waals surface area (Å²) in [6.07, 6.45) is 2.85.